The Kier molecular flexibility index (Phi) is 5.73. The van der Waals surface area contributed by atoms with E-state index in [9.17, 15) is 9.59 Å². The lowest BCUT2D eigenvalue weighted by Crippen LogP contribution is -2.49. The first kappa shape index (κ1) is 17.5. The van der Waals surface area contributed by atoms with Crippen LogP contribution >= 0.6 is 11.6 Å². The van der Waals surface area contributed by atoms with Crippen molar-refractivity contribution in [2.24, 2.45) is 0 Å². The van der Waals surface area contributed by atoms with Gasteiger partial charge < -0.3 is 14.6 Å². The van der Waals surface area contributed by atoms with Crippen molar-refractivity contribution in [1.29, 1.82) is 0 Å². The lowest BCUT2D eigenvalue weighted by atomic mass is 10.2. The third-order valence-corrected chi connectivity index (χ3v) is 4.52. The van der Waals surface area contributed by atoms with Crippen LogP contribution in [0.1, 0.15) is 17.0 Å². The van der Waals surface area contributed by atoms with Gasteiger partial charge in [0.2, 0.25) is 5.91 Å². The predicted molar refractivity (Wildman–Crippen MR) is 95.8 cm³/mol. The fourth-order valence-corrected chi connectivity index (χ4v) is 2.95. The van der Waals surface area contributed by atoms with Crippen molar-refractivity contribution in [3.05, 3.63) is 53.4 Å². The van der Waals surface area contributed by atoms with Gasteiger partial charge in [-0.3, -0.25) is 14.5 Å². The maximum absolute atomic E-state index is 12.2. The number of hydrogen-bond donors (Lipinski definition) is 1. The van der Waals surface area contributed by atoms with Crippen LogP contribution in [0.15, 0.2) is 47.1 Å². The SMILES string of the molecule is O=C(CCN1CCN(C(=O)c2ccco2)CC1)Nc1ccccc1Cl. The first-order chi connectivity index (χ1) is 12.1. The van der Waals surface area contributed by atoms with E-state index in [1.807, 2.05) is 12.1 Å². The van der Waals surface area contributed by atoms with Gasteiger partial charge in [0, 0.05) is 39.1 Å². The Hall–Kier alpha value is -2.31. The number of furan rings is 1. The molecule has 1 saturated heterocycles. The van der Waals surface area contributed by atoms with E-state index in [4.69, 9.17) is 16.0 Å². The maximum Gasteiger partial charge on any atom is 0.289 e. The molecule has 7 heteroatoms. The molecule has 1 aromatic carbocycles. The van der Waals surface area contributed by atoms with Gasteiger partial charge in [0.05, 0.1) is 17.0 Å². The van der Waals surface area contributed by atoms with E-state index < -0.39 is 0 Å². The van der Waals surface area contributed by atoms with E-state index in [-0.39, 0.29) is 11.8 Å². The second-order valence-electron chi connectivity index (χ2n) is 5.89. The van der Waals surface area contributed by atoms with Gasteiger partial charge >= 0.3 is 0 Å². The standard InChI is InChI=1S/C18H20ClN3O3/c19-14-4-1-2-5-15(14)20-17(23)7-8-21-9-11-22(12-10-21)18(24)16-6-3-13-25-16/h1-6,13H,7-12H2,(H,20,23). The van der Waals surface area contributed by atoms with Crippen molar-refractivity contribution in [3.63, 3.8) is 0 Å². The Morgan fingerprint density at radius 3 is 2.52 bits per heavy atom. The molecule has 1 aromatic heterocycles. The van der Waals surface area contributed by atoms with Crippen LogP contribution in [-0.4, -0.2) is 54.3 Å². The molecule has 1 fully saturated rings. The third-order valence-electron chi connectivity index (χ3n) is 4.19. The minimum absolute atomic E-state index is 0.0674. The van der Waals surface area contributed by atoms with Gasteiger partial charge in [-0.2, -0.15) is 0 Å². The highest BCUT2D eigenvalue weighted by Crippen LogP contribution is 2.20. The number of carbonyl (C=O) groups is 2. The lowest BCUT2D eigenvalue weighted by molar-refractivity contribution is -0.116. The van der Waals surface area contributed by atoms with Crippen LogP contribution in [-0.2, 0) is 4.79 Å². The molecule has 0 atom stereocenters. The van der Waals surface area contributed by atoms with E-state index in [1.165, 1.54) is 6.26 Å². The second-order valence-corrected chi connectivity index (χ2v) is 6.30. The number of anilines is 1. The van der Waals surface area contributed by atoms with Crippen LogP contribution in [0.4, 0.5) is 5.69 Å². The van der Waals surface area contributed by atoms with Crippen molar-refractivity contribution in [2.45, 2.75) is 6.42 Å². The van der Waals surface area contributed by atoms with E-state index in [0.717, 1.165) is 13.1 Å². The Balaban J connectivity index is 1.41. The molecule has 1 N–H and O–H groups in total. The van der Waals surface area contributed by atoms with Gasteiger partial charge in [-0.25, -0.2) is 0 Å². The number of carbonyl (C=O) groups excluding carboxylic acids is 2. The highest BCUT2D eigenvalue weighted by molar-refractivity contribution is 6.33. The highest BCUT2D eigenvalue weighted by atomic mass is 35.5. The topological polar surface area (TPSA) is 65.8 Å². The number of benzene rings is 1. The molecular weight excluding hydrogens is 342 g/mol. The van der Waals surface area contributed by atoms with Crippen LogP contribution in [0.25, 0.3) is 0 Å². The largest absolute Gasteiger partial charge is 0.459 e. The van der Waals surface area contributed by atoms with Gasteiger partial charge in [0.15, 0.2) is 5.76 Å². The Bertz CT molecular complexity index is 725. The van der Waals surface area contributed by atoms with Gasteiger partial charge in [0.25, 0.3) is 5.91 Å². The smallest absolute Gasteiger partial charge is 0.289 e. The predicted octanol–water partition coefficient (Wildman–Crippen LogP) is 2.72. The number of piperazine rings is 1. The Labute approximate surface area is 151 Å². The summed E-state index contributed by atoms with van der Waals surface area (Å²) in [7, 11) is 0. The summed E-state index contributed by atoms with van der Waals surface area (Å²) in [4.78, 5) is 28.2. The van der Waals surface area contributed by atoms with E-state index in [1.54, 1.807) is 29.2 Å². The molecule has 132 valence electrons. The Morgan fingerprint density at radius 2 is 1.84 bits per heavy atom. The average molecular weight is 362 g/mol. The van der Waals surface area contributed by atoms with E-state index >= 15 is 0 Å². The molecule has 6 nitrogen and oxygen atoms in total. The number of rotatable bonds is 5. The van der Waals surface area contributed by atoms with Gasteiger partial charge in [0.1, 0.15) is 0 Å². The number of hydrogen-bond acceptors (Lipinski definition) is 4. The third kappa shape index (κ3) is 4.61. The monoisotopic (exact) mass is 361 g/mol. The van der Waals surface area contributed by atoms with Crippen molar-refractivity contribution >= 4 is 29.1 Å². The van der Waals surface area contributed by atoms with E-state index in [2.05, 4.69) is 10.2 Å². The first-order valence-corrected chi connectivity index (χ1v) is 8.61. The lowest BCUT2D eigenvalue weighted by Gasteiger charge is -2.34. The van der Waals surface area contributed by atoms with Crippen molar-refractivity contribution in [3.8, 4) is 0 Å². The summed E-state index contributed by atoms with van der Waals surface area (Å²) >= 11 is 6.03. The number of para-hydroxylation sites is 1. The normalized spacial score (nSPS) is 15.2. The van der Waals surface area contributed by atoms with Gasteiger partial charge in [-0.05, 0) is 24.3 Å². The number of amides is 2. The fraction of sp³-hybridized carbons (Fsp3) is 0.333. The highest BCUT2D eigenvalue weighted by Gasteiger charge is 2.23. The molecule has 2 aromatic rings. The van der Waals surface area contributed by atoms with Crippen molar-refractivity contribution in [2.75, 3.05) is 38.0 Å². The van der Waals surface area contributed by atoms with Gasteiger partial charge in [-0.15, -0.1) is 0 Å². The quantitative estimate of drug-likeness (QED) is 0.889. The van der Waals surface area contributed by atoms with Crippen LogP contribution < -0.4 is 5.32 Å². The number of halogens is 1. The zero-order chi connectivity index (χ0) is 17.6. The molecule has 1 aliphatic heterocycles. The molecule has 2 heterocycles. The molecular formula is C18H20ClN3O3. The molecule has 25 heavy (non-hydrogen) atoms. The molecule has 3 rings (SSSR count). The zero-order valence-corrected chi connectivity index (χ0v) is 14.5. The Morgan fingerprint density at radius 1 is 1.08 bits per heavy atom. The molecule has 0 radical (unpaired) electrons. The summed E-state index contributed by atoms with van der Waals surface area (Å²) in [5, 5.41) is 3.35. The summed E-state index contributed by atoms with van der Waals surface area (Å²) in [5.74, 6) is 0.218. The van der Waals surface area contributed by atoms with Gasteiger partial charge in [-0.1, -0.05) is 23.7 Å². The molecule has 2 amide bonds. The summed E-state index contributed by atoms with van der Waals surface area (Å²) < 4.78 is 5.15. The summed E-state index contributed by atoms with van der Waals surface area (Å²) in [5.41, 5.74) is 0.628. The number of nitrogens with zero attached hydrogens (tertiary/aromatic N) is 2. The summed E-state index contributed by atoms with van der Waals surface area (Å²) in [6, 6.07) is 10.6. The molecule has 0 saturated carbocycles. The molecule has 0 aliphatic carbocycles. The molecule has 0 bridgehead atoms. The molecule has 1 aliphatic rings. The van der Waals surface area contributed by atoms with Crippen LogP contribution in [0.5, 0.6) is 0 Å². The summed E-state index contributed by atoms with van der Waals surface area (Å²) in [6.07, 6.45) is 1.89. The molecule has 0 spiro atoms. The van der Waals surface area contributed by atoms with Crippen LogP contribution in [0.2, 0.25) is 5.02 Å². The fourth-order valence-electron chi connectivity index (χ4n) is 2.77. The zero-order valence-electron chi connectivity index (χ0n) is 13.8. The van der Waals surface area contributed by atoms with Crippen molar-refractivity contribution in [1.82, 2.24) is 9.80 Å². The minimum atomic E-state index is -0.0823. The van der Waals surface area contributed by atoms with E-state index in [0.29, 0.717) is 42.5 Å². The second kappa shape index (κ2) is 8.18. The van der Waals surface area contributed by atoms with Crippen molar-refractivity contribution < 1.29 is 14.0 Å². The van der Waals surface area contributed by atoms with Crippen LogP contribution in [0.3, 0.4) is 0 Å². The maximum atomic E-state index is 12.2. The molecule has 0 unspecified atom stereocenters. The van der Waals surface area contributed by atoms with Crippen LogP contribution in [0, 0.1) is 0 Å². The first-order valence-electron chi connectivity index (χ1n) is 8.23. The minimum Gasteiger partial charge on any atom is -0.459 e. The number of nitrogens with one attached hydrogen (secondary N) is 1. The summed E-state index contributed by atoms with van der Waals surface area (Å²) in [6.45, 7) is 3.40. The average Bonchev–Trinajstić information content (AvgIpc) is 3.16.